The molecule has 0 aromatic carbocycles. The molecule has 8 heteroatoms. The van der Waals surface area contributed by atoms with Crippen molar-refractivity contribution in [1.82, 2.24) is 19.3 Å². The van der Waals surface area contributed by atoms with Crippen molar-refractivity contribution >= 4 is 11.7 Å². The second kappa shape index (κ2) is 4.48. The van der Waals surface area contributed by atoms with Crippen LogP contribution in [-0.4, -0.2) is 32.4 Å². The van der Waals surface area contributed by atoms with Gasteiger partial charge in [-0.15, -0.1) is 0 Å². The fourth-order valence-corrected chi connectivity index (χ4v) is 1.96. The molecule has 3 rings (SSSR count). The molecule has 0 aliphatic heterocycles. The van der Waals surface area contributed by atoms with Gasteiger partial charge in [0, 0.05) is 18.4 Å². The van der Waals surface area contributed by atoms with Gasteiger partial charge in [0.05, 0.1) is 19.0 Å². The molecule has 0 unspecified atom stereocenters. The summed E-state index contributed by atoms with van der Waals surface area (Å²) in [6.45, 7) is 0. The van der Waals surface area contributed by atoms with E-state index < -0.39 is 5.97 Å². The average Bonchev–Trinajstić information content (AvgIpc) is 3.21. The van der Waals surface area contributed by atoms with Crippen molar-refractivity contribution in [2.24, 2.45) is 0 Å². The smallest absolute Gasteiger partial charge is 0.360 e. The van der Waals surface area contributed by atoms with Crippen molar-refractivity contribution in [1.29, 1.82) is 0 Å². The average molecular weight is 275 g/mol. The summed E-state index contributed by atoms with van der Waals surface area (Å²) in [6, 6.07) is 0.234. The lowest BCUT2D eigenvalue weighted by atomic mass is 10.4. The van der Waals surface area contributed by atoms with Crippen molar-refractivity contribution in [3.8, 4) is 5.82 Å². The number of hydrogen-bond acceptors (Lipinski definition) is 6. The van der Waals surface area contributed by atoms with Gasteiger partial charge in [0.25, 0.3) is 5.56 Å². The van der Waals surface area contributed by atoms with Crippen LogP contribution in [0.3, 0.4) is 0 Å². The summed E-state index contributed by atoms with van der Waals surface area (Å²) in [5, 5.41) is 3.97. The van der Waals surface area contributed by atoms with E-state index in [1.54, 1.807) is 10.8 Å². The minimum Gasteiger partial charge on any atom is -0.464 e. The summed E-state index contributed by atoms with van der Waals surface area (Å²) < 4.78 is 7.40. The molecule has 0 amide bonds. The highest BCUT2D eigenvalue weighted by atomic mass is 16.5. The fraction of sp³-hybridized carbons (Fsp3) is 0.333. The highest BCUT2D eigenvalue weighted by Gasteiger charge is 2.26. The third-order valence-corrected chi connectivity index (χ3v) is 3.13. The van der Waals surface area contributed by atoms with Gasteiger partial charge >= 0.3 is 5.97 Å². The molecule has 2 aromatic heterocycles. The number of carbonyl (C=O) groups is 1. The number of esters is 1. The minimum absolute atomic E-state index is 0.0319. The van der Waals surface area contributed by atoms with Crippen molar-refractivity contribution in [3.05, 3.63) is 34.6 Å². The van der Waals surface area contributed by atoms with Crippen LogP contribution in [0.1, 0.15) is 29.4 Å². The van der Waals surface area contributed by atoms with E-state index in [1.165, 1.54) is 24.2 Å². The molecule has 0 spiro atoms. The molecule has 1 aliphatic carbocycles. The SMILES string of the molecule is COC(=O)c1nn(-c2nccn(C3CC3)c2=O)cc1N. The van der Waals surface area contributed by atoms with Crippen LogP contribution in [0.5, 0.6) is 0 Å². The van der Waals surface area contributed by atoms with Crippen molar-refractivity contribution in [3.63, 3.8) is 0 Å². The molecule has 2 aromatic rings. The molecule has 104 valence electrons. The predicted molar refractivity (Wildman–Crippen MR) is 69.6 cm³/mol. The van der Waals surface area contributed by atoms with Crippen LogP contribution >= 0.6 is 0 Å². The molecule has 0 bridgehead atoms. The normalized spacial score (nSPS) is 14.2. The van der Waals surface area contributed by atoms with Crippen molar-refractivity contribution < 1.29 is 9.53 Å². The molecular weight excluding hydrogens is 262 g/mol. The van der Waals surface area contributed by atoms with Gasteiger partial charge in [0.2, 0.25) is 5.82 Å². The number of rotatable bonds is 3. The van der Waals surface area contributed by atoms with E-state index in [1.807, 2.05) is 0 Å². The Kier molecular flexibility index (Phi) is 2.78. The second-order valence-corrected chi connectivity index (χ2v) is 4.56. The van der Waals surface area contributed by atoms with Gasteiger partial charge in [0.15, 0.2) is 5.69 Å². The molecule has 1 saturated carbocycles. The van der Waals surface area contributed by atoms with Crippen LogP contribution in [0.4, 0.5) is 5.69 Å². The van der Waals surface area contributed by atoms with Gasteiger partial charge in [-0.2, -0.15) is 5.10 Å². The van der Waals surface area contributed by atoms with Gasteiger partial charge < -0.3 is 15.0 Å². The molecule has 2 heterocycles. The number of nitrogen functional groups attached to an aromatic ring is 1. The summed E-state index contributed by atoms with van der Waals surface area (Å²) in [6.07, 6.45) is 6.53. The Bertz CT molecular complexity index is 729. The molecule has 1 aliphatic rings. The Balaban J connectivity index is 2.08. The molecule has 0 atom stereocenters. The predicted octanol–water partition coefficient (Wildman–Crippen LogP) is 0.133. The molecule has 20 heavy (non-hydrogen) atoms. The van der Waals surface area contributed by atoms with E-state index in [4.69, 9.17) is 5.73 Å². The van der Waals surface area contributed by atoms with E-state index in [2.05, 4.69) is 14.8 Å². The van der Waals surface area contributed by atoms with Gasteiger partial charge in [-0.1, -0.05) is 0 Å². The van der Waals surface area contributed by atoms with Crippen LogP contribution in [0, 0.1) is 0 Å². The van der Waals surface area contributed by atoms with Crippen LogP contribution in [0.15, 0.2) is 23.4 Å². The summed E-state index contributed by atoms with van der Waals surface area (Å²) in [5.74, 6) is -0.541. The largest absolute Gasteiger partial charge is 0.464 e. The first-order chi connectivity index (χ1) is 9.61. The van der Waals surface area contributed by atoms with Crippen LogP contribution < -0.4 is 11.3 Å². The summed E-state index contributed by atoms with van der Waals surface area (Å²) in [4.78, 5) is 27.8. The lowest BCUT2D eigenvalue weighted by Gasteiger charge is -2.05. The van der Waals surface area contributed by atoms with Gasteiger partial charge in [-0.05, 0) is 12.8 Å². The fourth-order valence-electron chi connectivity index (χ4n) is 1.96. The Morgan fingerprint density at radius 2 is 2.25 bits per heavy atom. The summed E-state index contributed by atoms with van der Waals surface area (Å²) in [5.41, 5.74) is 5.55. The first-order valence-corrected chi connectivity index (χ1v) is 6.13. The van der Waals surface area contributed by atoms with E-state index in [0.29, 0.717) is 0 Å². The number of carbonyl (C=O) groups excluding carboxylic acids is 1. The second-order valence-electron chi connectivity index (χ2n) is 4.56. The first-order valence-electron chi connectivity index (χ1n) is 6.13. The maximum absolute atomic E-state index is 12.3. The maximum Gasteiger partial charge on any atom is 0.360 e. The molecule has 0 radical (unpaired) electrons. The molecule has 2 N–H and O–H groups in total. The van der Waals surface area contributed by atoms with Crippen molar-refractivity contribution in [2.75, 3.05) is 12.8 Å². The molecular formula is C12H13N5O3. The van der Waals surface area contributed by atoms with Gasteiger partial charge in [0.1, 0.15) is 0 Å². The Morgan fingerprint density at radius 1 is 1.50 bits per heavy atom. The van der Waals surface area contributed by atoms with E-state index >= 15 is 0 Å². The Hall–Kier alpha value is -2.64. The number of anilines is 1. The van der Waals surface area contributed by atoms with Crippen LogP contribution in [-0.2, 0) is 4.74 Å². The topological polar surface area (TPSA) is 105 Å². The number of hydrogen-bond donors (Lipinski definition) is 1. The quantitative estimate of drug-likeness (QED) is 0.798. The third kappa shape index (κ3) is 1.94. The van der Waals surface area contributed by atoms with E-state index in [0.717, 1.165) is 12.8 Å². The van der Waals surface area contributed by atoms with Crippen LogP contribution in [0.25, 0.3) is 5.82 Å². The lowest BCUT2D eigenvalue weighted by Crippen LogP contribution is -2.25. The maximum atomic E-state index is 12.3. The Morgan fingerprint density at radius 3 is 2.90 bits per heavy atom. The summed E-state index contributed by atoms with van der Waals surface area (Å²) >= 11 is 0. The monoisotopic (exact) mass is 275 g/mol. The Labute approximate surface area is 113 Å². The molecule has 1 fully saturated rings. The lowest BCUT2D eigenvalue weighted by molar-refractivity contribution is 0.0594. The molecule has 8 nitrogen and oxygen atoms in total. The van der Waals surface area contributed by atoms with Crippen molar-refractivity contribution in [2.45, 2.75) is 18.9 Å². The van der Waals surface area contributed by atoms with Gasteiger partial charge in [-0.25, -0.2) is 14.5 Å². The minimum atomic E-state index is -0.653. The standard InChI is InChI=1S/C12H13N5O3/c1-20-12(19)9-8(13)6-17(15-9)10-11(18)16(5-4-14-10)7-2-3-7/h4-7H,2-3,13H2,1H3. The number of nitrogens with two attached hydrogens (primary N) is 1. The number of ether oxygens (including phenoxy) is 1. The zero-order valence-electron chi connectivity index (χ0n) is 10.8. The summed E-state index contributed by atoms with van der Waals surface area (Å²) in [7, 11) is 1.24. The van der Waals surface area contributed by atoms with E-state index in [-0.39, 0.29) is 28.8 Å². The number of nitrogens with zero attached hydrogens (tertiary/aromatic N) is 4. The first kappa shape index (κ1) is 12.4. The van der Waals surface area contributed by atoms with E-state index in [9.17, 15) is 9.59 Å². The highest BCUT2D eigenvalue weighted by Crippen LogP contribution is 2.33. The van der Waals surface area contributed by atoms with Crippen LogP contribution in [0.2, 0.25) is 0 Å². The van der Waals surface area contributed by atoms with Gasteiger partial charge in [-0.3, -0.25) is 4.79 Å². The molecule has 0 saturated heterocycles. The zero-order chi connectivity index (χ0) is 14.3. The number of aromatic nitrogens is 4. The highest BCUT2D eigenvalue weighted by molar-refractivity contribution is 5.92. The zero-order valence-corrected chi connectivity index (χ0v) is 10.8. The number of methoxy groups -OCH3 is 1. The third-order valence-electron chi connectivity index (χ3n) is 3.13.